The predicted octanol–water partition coefficient (Wildman–Crippen LogP) is 7.23. The number of nitrogens with zero attached hydrogens (tertiary/aromatic N) is 1. The number of carbonyl (C=O) groups is 3. The maximum Gasteiger partial charge on any atom is 0.335 e. The molecule has 4 amide bonds. The van der Waals surface area contributed by atoms with Crippen LogP contribution >= 0.6 is 31.9 Å². The van der Waals surface area contributed by atoms with E-state index in [9.17, 15) is 14.4 Å². The molecule has 1 aliphatic heterocycles. The summed E-state index contributed by atoms with van der Waals surface area (Å²) in [7, 11) is 0. The Bertz CT molecular complexity index is 1610. The number of rotatable bonds is 5. The van der Waals surface area contributed by atoms with Gasteiger partial charge < -0.3 is 4.74 Å². The molecule has 6 nitrogen and oxygen atoms in total. The fraction of sp³-hybridized carbons (Fsp3) is 0.100. The maximum atomic E-state index is 13.3. The summed E-state index contributed by atoms with van der Waals surface area (Å²) in [4.78, 5) is 39.5. The average molecular weight is 634 g/mol. The van der Waals surface area contributed by atoms with Crippen LogP contribution in [0, 0.1) is 13.8 Å². The zero-order chi connectivity index (χ0) is 27.0. The summed E-state index contributed by atoms with van der Waals surface area (Å²) in [5.74, 6) is -0.844. The molecule has 8 heteroatoms. The second-order valence-corrected chi connectivity index (χ2v) is 10.8. The summed E-state index contributed by atoms with van der Waals surface area (Å²) in [5, 5.41) is 4.53. The number of benzene rings is 4. The molecule has 38 heavy (non-hydrogen) atoms. The highest BCUT2D eigenvalue weighted by molar-refractivity contribution is 9.11. The van der Waals surface area contributed by atoms with Gasteiger partial charge in [-0.3, -0.25) is 14.9 Å². The topological polar surface area (TPSA) is 75.7 Å². The molecule has 5 rings (SSSR count). The minimum Gasteiger partial charge on any atom is -0.487 e. The Morgan fingerprint density at radius 2 is 1.53 bits per heavy atom. The molecule has 0 spiro atoms. The highest BCUT2D eigenvalue weighted by Crippen LogP contribution is 2.37. The van der Waals surface area contributed by atoms with Gasteiger partial charge in [0.1, 0.15) is 17.9 Å². The number of carbonyl (C=O) groups excluding carboxylic acids is 3. The highest BCUT2D eigenvalue weighted by Gasteiger charge is 2.37. The SMILES string of the molecule is Cc1cc(C)cc(N2C(=O)NC(=O)/C(=C\c3cc(Br)c(OCc4cccc5ccccc45)c(Br)c3)C2=O)c1. The monoisotopic (exact) mass is 632 g/mol. The van der Waals surface area contributed by atoms with Crippen LogP contribution in [-0.2, 0) is 16.2 Å². The Kier molecular flexibility index (Phi) is 7.19. The number of halogens is 2. The number of fused-ring (bicyclic) bond motifs is 1. The number of barbiturate groups is 1. The third-order valence-corrected chi connectivity index (χ3v) is 7.33. The van der Waals surface area contributed by atoms with Gasteiger partial charge in [0.2, 0.25) is 0 Å². The third kappa shape index (κ3) is 5.14. The van der Waals surface area contributed by atoms with Crippen LogP contribution in [0.1, 0.15) is 22.3 Å². The minimum absolute atomic E-state index is 0.146. The van der Waals surface area contributed by atoms with Gasteiger partial charge in [0.05, 0.1) is 14.6 Å². The molecule has 0 bridgehead atoms. The normalized spacial score (nSPS) is 14.8. The van der Waals surface area contributed by atoms with Crippen LogP contribution < -0.4 is 15.0 Å². The van der Waals surface area contributed by atoms with Crippen molar-refractivity contribution in [2.24, 2.45) is 0 Å². The number of hydrogen-bond acceptors (Lipinski definition) is 4. The number of nitrogens with one attached hydrogen (secondary N) is 1. The van der Waals surface area contributed by atoms with E-state index in [0.717, 1.165) is 32.4 Å². The van der Waals surface area contributed by atoms with Crippen molar-refractivity contribution in [3.63, 3.8) is 0 Å². The van der Waals surface area contributed by atoms with Crippen LogP contribution in [0.4, 0.5) is 10.5 Å². The number of urea groups is 1. The Morgan fingerprint density at radius 1 is 0.868 bits per heavy atom. The van der Waals surface area contributed by atoms with Crippen molar-refractivity contribution in [2.45, 2.75) is 20.5 Å². The lowest BCUT2D eigenvalue weighted by Crippen LogP contribution is -2.54. The Hall–Kier alpha value is -3.75. The standard InChI is InChI=1S/C30H22Br2N2O4/c1-17-10-18(2)12-22(11-17)34-29(36)24(28(35)33-30(34)37)13-19-14-25(31)27(26(32)15-19)38-16-21-8-5-7-20-6-3-4-9-23(20)21/h3-15H,16H2,1-2H3,(H,33,35,37)/b24-13+. The molecule has 0 unspecified atom stereocenters. The molecule has 0 radical (unpaired) electrons. The maximum absolute atomic E-state index is 13.3. The lowest BCUT2D eigenvalue weighted by atomic mass is 10.0. The van der Waals surface area contributed by atoms with E-state index in [2.05, 4.69) is 55.4 Å². The van der Waals surface area contributed by atoms with Crippen molar-refractivity contribution in [3.05, 3.63) is 110 Å². The molecule has 1 fully saturated rings. The van der Waals surface area contributed by atoms with Gasteiger partial charge in [-0.05, 0) is 109 Å². The molecule has 0 saturated carbocycles. The average Bonchev–Trinajstić information content (AvgIpc) is 2.85. The fourth-order valence-corrected chi connectivity index (χ4v) is 5.96. The third-order valence-electron chi connectivity index (χ3n) is 6.15. The van der Waals surface area contributed by atoms with Gasteiger partial charge in [0, 0.05) is 0 Å². The van der Waals surface area contributed by atoms with E-state index in [4.69, 9.17) is 4.74 Å². The molecule has 1 heterocycles. The fourth-order valence-electron chi connectivity index (χ4n) is 4.51. The number of hydrogen-bond donors (Lipinski definition) is 1. The molecule has 1 aliphatic rings. The van der Waals surface area contributed by atoms with Crippen molar-refractivity contribution >= 4 is 72.2 Å². The quantitative estimate of drug-likeness (QED) is 0.186. The molecule has 0 aliphatic carbocycles. The molecule has 0 aromatic heterocycles. The molecule has 0 atom stereocenters. The van der Waals surface area contributed by atoms with E-state index < -0.39 is 17.8 Å². The van der Waals surface area contributed by atoms with Crippen LogP contribution in [-0.4, -0.2) is 17.8 Å². The zero-order valence-electron chi connectivity index (χ0n) is 20.5. The van der Waals surface area contributed by atoms with Crippen LogP contribution in [0.25, 0.3) is 16.8 Å². The van der Waals surface area contributed by atoms with Gasteiger partial charge in [0.25, 0.3) is 11.8 Å². The highest BCUT2D eigenvalue weighted by atomic mass is 79.9. The van der Waals surface area contributed by atoms with E-state index >= 15 is 0 Å². The smallest absolute Gasteiger partial charge is 0.335 e. The summed E-state index contributed by atoms with van der Waals surface area (Å²) in [6.45, 7) is 4.11. The Morgan fingerprint density at radius 3 is 2.24 bits per heavy atom. The molecular weight excluding hydrogens is 612 g/mol. The summed E-state index contributed by atoms with van der Waals surface area (Å²) in [6.07, 6.45) is 1.46. The molecule has 4 aromatic rings. The number of ether oxygens (including phenoxy) is 1. The summed E-state index contributed by atoms with van der Waals surface area (Å²) in [5.41, 5.74) is 3.68. The Balaban J connectivity index is 1.43. The van der Waals surface area contributed by atoms with Gasteiger partial charge >= 0.3 is 6.03 Å². The number of anilines is 1. The van der Waals surface area contributed by atoms with Crippen LogP contribution in [0.5, 0.6) is 5.75 Å². The van der Waals surface area contributed by atoms with Crippen LogP contribution in [0.3, 0.4) is 0 Å². The molecule has 1 N–H and O–H groups in total. The van der Waals surface area contributed by atoms with Crippen LogP contribution in [0.2, 0.25) is 0 Å². The zero-order valence-corrected chi connectivity index (χ0v) is 23.7. The summed E-state index contributed by atoms with van der Waals surface area (Å²) < 4.78 is 7.43. The second kappa shape index (κ2) is 10.6. The van der Waals surface area contributed by atoms with Crippen molar-refractivity contribution < 1.29 is 19.1 Å². The number of imide groups is 2. The van der Waals surface area contributed by atoms with Gasteiger partial charge in [-0.25, -0.2) is 9.69 Å². The number of aryl methyl sites for hydroxylation is 2. The summed E-state index contributed by atoms with van der Waals surface area (Å²) in [6, 6.07) is 22.3. The first-order valence-corrected chi connectivity index (χ1v) is 13.4. The lowest BCUT2D eigenvalue weighted by molar-refractivity contribution is -0.122. The minimum atomic E-state index is -0.776. The predicted molar refractivity (Wildman–Crippen MR) is 155 cm³/mol. The van der Waals surface area contributed by atoms with Crippen LogP contribution in [0.15, 0.2) is 87.3 Å². The first-order chi connectivity index (χ1) is 18.2. The van der Waals surface area contributed by atoms with E-state index in [-0.39, 0.29) is 5.57 Å². The van der Waals surface area contributed by atoms with E-state index in [1.807, 2.05) is 44.2 Å². The molecular formula is C30H22Br2N2O4. The number of amides is 4. The largest absolute Gasteiger partial charge is 0.487 e. The second-order valence-electron chi connectivity index (χ2n) is 9.04. The van der Waals surface area contributed by atoms with E-state index in [0.29, 0.717) is 32.6 Å². The van der Waals surface area contributed by atoms with Crippen molar-refractivity contribution in [1.82, 2.24) is 5.32 Å². The molecule has 4 aromatic carbocycles. The van der Waals surface area contributed by atoms with Crippen molar-refractivity contribution in [1.29, 1.82) is 0 Å². The van der Waals surface area contributed by atoms with Gasteiger partial charge in [-0.15, -0.1) is 0 Å². The van der Waals surface area contributed by atoms with E-state index in [1.165, 1.54) is 6.08 Å². The Labute approximate surface area is 236 Å². The van der Waals surface area contributed by atoms with Gasteiger partial charge in [-0.1, -0.05) is 48.5 Å². The van der Waals surface area contributed by atoms with E-state index in [1.54, 1.807) is 24.3 Å². The van der Waals surface area contributed by atoms with Gasteiger partial charge in [0.15, 0.2) is 0 Å². The van der Waals surface area contributed by atoms with Crippen molar-refractivity contribution in [3.8, 4) is 5.75 Å². The first kappa shape index (κ1) is 25.9. The molecule has 190 valence electrons. The molecule has 1 saturated heterocycles. The van der Waals surface area contributed by atoms with Gasteiger partial charge in [-0.2, -0.15) is 0 Å². The summed E-state index contributed by atoms with van der Waals surface area (Å²) >= 11 is 7.11. The lowest BCUT2D eigenvalue weighted by Gasteiger charge is -2.27. The first-order valence-electron chi connectivity index (χ1n) is 11.8. The van der Waals surface area contributed by atoms with Crippen molar-refractivity contribution in [2.75, 3.05) is 4.90 Å².